The van der Waals surface area contributed by atoms with Crippen molar-refractivity contribution < 1.29 is 23.8 Å². The number of methoxy groups -OCH3 is 1. The maximum Gasteiger partial charge on any atom is 0.243 e. The highest BCUT2D eigenvalue weighted by Crippen LogP contribution is 2.31. The Morgan fingerprint density at radius 1 is 0.919 bits per heavy atom. The number of aryl methyl sites for hydroxylation is 1. The van der Waals surface area contributed by atoms with Gasteiger partial charge in [0.15, 0.2) is 11.5 Å². The van der Waals surface area contributed by atoms with Crippen LogP contribution in [0, 0.1) is 0 Å². The number of carbonyl (C=O) groups is 2. The zero-order valence-electron chi connectivity index (χ0n) is 21.4. The molecular weight excluding hydrogens is 468 g/mol. The molecular formula is C30H34N2O5. The predicted octanol–water partition coefficient (Wildman–Crippen LogP) is 4.18. The standard InChI is InChI=1S/C30H34N2O5/c1-3-31-30(34)26(19-22-8-5-4-6-9-22)32(21-24-10-7-11-25(18-24)35-2)29(33)15-13-23-12-14-27-28(20-23)37-17-16-36-27/h4-12,14,18,20,26H,3,13,15-17,19,21H2,1-2H3,(H,31,34)/t26-/m0/s1. The second kappa shape index (κ2) is 12.8. The maximum atomic E-state index is 13.8. The zero-order valence-corrected chi connectivity index (χ0v) is 21.4. The van der Waals surface area contributed by atoms with E-state index in [0.717, 1.165) is 22.4 Å². The summed E-state index contributed by atoms with van der Waals surface area (Å²) < 4.78 is 16.7. The highest BCUT2D eigenvalue weighted by molar-refractivity contribution is 5.88. The molecule has 0 unspecified atom stereocenters. The molecule has 2 amide bonds. The molecule has 4 rings (SSSR count). The Balaban J connectivity index is 1.59. The first kappa shape index (κ1) is 26.1. The summed E-state index contributed by atoms with van der Waals surface area (Å²) in [4.78, 5) is 28.7. The van der Waals surface area contributed by atoms with Crippen molar-refractivity contribution in [2.45, 2.75) is 38.8 Å². The zero-order chi connectivity index (χ0) is 26.0. The van der Waals surface area contributed by atoms with Crippen LogP contribution in [0.5, 0.6) is 17.2 Å². The lowest BCUT2D eigenvalue weighted by Crippen LogP contribution is -2.50. The lowest BCUT2D eigenvalue weighted by atomic mass is 10.0. The van der Waals surface area contributed by atoms with E-state index in [1.54, 1.807) is 12.0 Å². The molecule has 0 aliphatic carbocycles. The molecule has 0 fully saturated rings. The van der Waals surface area contributed by atoms with E-state index in [-0.39, 0.29) is 18.2 Å². The third-order valence-corrected chi connectivity index (χ3v) is 6.34. The predicted molar refractivity (Wildman–Crippen MR) is 142 cm³/mol. The topological polar surface area (TPSA) is 77.1 Å². The lowest BCUT2D eigenvalue weighted by molar-refractivity contribution is -0.141. The Morgan fingerprint density at radius 2 is 1.68 bits per heavy atom. The van der Waals surface area contributed by atoms with E-state index in [2.05, 4.69) is 5.32 Å². The number of likely N-dealkylation sites (N-methyl/N-ethyl adjacent to an activating group) is 1. The molecule has 1 N–H and O–H groups in total. The van der Waals surface area contributed by atoms with Crippen molar-refractivity contribution in [3.63, 3.8) is 0 Å². The Kier molecular flexibility index (Phi) is 9.03. The van der Waals surface area contributed by atoms with Crippen LogP contribution < -0.4 is 19.5 Å². The molecule has 0 aromatic heterocycles. The number of nitrogens with zero attached hydrogens (tertiary/aromatic N) is 1. The molecule has 0 radical (unpaired) electrons. The van der Waals surface area contributed by atoms with E-state index in [9.17, 15) is 9.59 Å². The van der Waals surface area contributed by atoms with Gasteiger partial charge < -0.3 is 24.4 Å². The minimum absolute atomic E-state index is 0.0927. The summed E-state index contributed by atoms with van der Waals surface area (Å²) in [6.07, 6.45) is 1.21. The highest BCUT2D eigenvalue weighted by atomic mass is 16.6. The molecule has 0 saturated carbocycles. The lowest BCUT2D eigenvalue weighted by Gasteiger charge is -2.31. The minimum atomic E-state index is -0.652. The van der Waals surface area contributed by atoms with Crippen molar-refractivity contribution in [1.29, 1.82) is 0 Å². The fourth-order valence-corrected chi connectivity index (χ4v) is 4.45. The van der Waals surface area contributed by atoms with E-state index in [4.69, 9.17) is 14.2 Å². The molecule has 7 nitrogen and oxygen atoms in total. The molecule has 1 atom stereocenters. The molecule has 0 bridgehead atoms. The van der Waals surface area contributed by atoms with Crippen LogP contribution in [0.15, 0.2) is 72.8 Å². The largest absolute Gasteiger partial charge is 0.497 e. The van der Waals surface area contributed by atoms with Gasteiger partial charge in [0, 0.05) is 25.9 Å². The summed E-state index contributed by atoms with van der Waals surface area (Å²) in [6.45, 7) is 3.71. The average Bonchev–Trinajstić information content (AvgIpc) is 2.94. The average molecular weight is 503 g/mol. The van der Waals surface area contributed by atoms with Crippen molar-refractivity contribution in [2.75, 3.05) is 26.9 Å². The molecule has 0 saturated heterocycles. The molecule has 3 aromatic carbocycles. The first-order valence-corrected chi connectivity index (χ1v) is 12.7. The Labute approximate surface area is 218 Å². The number of carbonyl (C=O) groups excluding carboxylic acids is 2. The van der Waals surface area contributed by atoms with Gasteiger partial charge in [0.05, 0.1) is 7.11 Å². The van der Waals surface area contributed by atoms with E-state index in [1.807, 2.05) is 79.7 Å². The molecule has 194 valence electrons. The molecule has 1 aliphatic rings. The van der Waals surface area contributed by atoms with Gasteiger partial charge >= 0.3 is 0 Å². The van der Waals surface area contributed by atoms with Crippen LogP contribution in [-0.4, -0.2) is 49.6 Å². The summed E-state index contributed by atoms with van der Waals surface area (Å²) in [7, 11) is 1.61. The van der Waals surface area contributed by atoms with Gasteiger partial charge in [-0.2, -0.15) is 0 Å². The number of hydrogen-bond donors (Lipinski definition) is 1. The second-order valence-electron chi connectivity index (χ2n) is 8.95. The van der Waals surface area contributed by atoms with Crippen LogP contribution in [0.1, 0.15) is 30.0 Å². The van der Waals surface area contributed by atoms with Crippen molar-refractivity contribution in [1.82, 2.24) is 10.2 Å². The minimum Gasteiger partial charge on any atom is -0.497 e. The second-order valence-corrected chi connectivity index (χ2v) is 8.95. The van der Waals surface area contributed by atoms with Crippen LogP contribution >= 0.6 is 0 Å². The van der Waals surface area contributed by atoms with Crippen LogP contribution in [0.3, 0.4) is 0 Å². The Bertz CT molecular complexity index is 1200. The Hall–Kier alpha value is -4.00. The first-order valence-electron chi connectivity index (χ1n) is 12.7. The van der Waals surface area contributed by atoms with Gasteiger partial charge in [0.25, 0.3) is 0 Å². The third-order valence-electron chi connectivity index (χ3n) is 6.34. The maximum absolute atomic E-state index is 13.8. The Morgan fingerprint density at radius 3 is 2.43 bits per heavy atom. The van der Waals surface area contributed by atoms with Crippen molar-refractivity contribution in [3.05, 3.63) is 89.5 Å². The molecule has 1 heterocycles. The fourth-order valence-electron chi connectivity index (χ4n) is 4.45. The highest BCUT2D eigenvalue weighted by Gasteiger charge is 2.30. The van der Waals surface area contributed by atoms with E-state index in [0.29, 0.717) is 50.6 Å². The quantitative estimate of drug-likeness (QED) is 0.426. The van der Waals surface area contributed by atoms with Crippen LogP contribution in [0.2, 0.25) is 0 Å². The monoisotopic (exact) mass is 502 g/mol. The van der Waals surface area contributed by atoms with Crippen molar-refractivity contribution in [3.8, 4) is 17.2 Å². The van der Waals surface area contributed by atoms with Crippen molar-refractivity contribution in [2.24, 2.45) is 0 Å². The van der Waals surface area contributed by atoms with Gasteiger partial charge in [0.2, 0.25) is 11.8 Å². The van der Waals surface area contributed by atoms with E-state index < -0.39 is 6.04 Å². The van der Waals surface area contributed by atoms with Gasteiger partial charge in [-0.1, -0.05) is 48.5 Å². The van der Waals surface area contributed by atoms with Gasteiger partial charge in [-0.15, -0.1) is 0 Å². The van der Waals surface area contributed by atoms with Crippen LogP contribution in [0.25, 0.3) is 0 Å². The van der Waals surface area contributed by atoms with Crippen LogP contribution in [-0.2, 0) is 29.0 Å². The number of hydrogen-bond acceptors (Lipinski definition) is 5. The molecule has 0 spiro atoms. The van der Waals surface area contributed by atoms with Gasteiger partial charge in [-0.05, 0) is 54.3 Å². The normalized spacial score (nSPS) is 12.9. The molecule has 3 aromatic rings. The summed E-state index contributed by atoms with van der Waals surface area (Å²) in [5.41, 5.74) is 2.87. The number of rotatable bonds is 11. The fraction of sp³-hybridized carbons (Fsp3) is 0.333. The molecule has 7 heteroatoms. The van der Waals surface area contributed by atoms with Crippen LogP contribution in [0.4, 0.5) is 0 Å². The molecule has 1 aliphatic heterocycles. The van der Waals surface area contributed by atoms with E-state index >= 15 is 0 Å². The number of benzene rings is 3. The third kappa shape index (κ3) is 7.03. The summed E-state index contributed by atoms with van der Waals surface area (Å²) in [5.74, 6) is 1.87. The van der Waals surface area contributed by atoms with Crippen molar-refractivity contribution >= 4 is 11.8 Å². The number of ether oxygens (including phenoxy) is 3. The van der Waals surface area contributed by atoms with Gasteiger partial charge in [0.1, 0.15) is 25.0 Å². The SMILES string of the molecule is CCNC(=O)[C@H](Cc1ccccc1)N(Cc1cccc(OC)c1)C(=O)CCc1ccc2c(c1)OCCO2. The number of nitrogens with one attached hydrogen (secondary N) is 1. The first-order chi connectivity index (χ1) is 18.1. The summed E-state index contributed by atoms with van der Waals surface area (Å²) in [6, 6.07) is 22.5. The summed E-state index contributed by atoms with van der Waals surface area (Å²) in [5, 5.41) is 2.93. The smallest absolute Gasteiger partial charge is 0.243 e. The summed E-state index contributed by atoms with van der Waals surface area (Å²) >= 11 is 0. The van der Waals surface area contributed by atoms with Gasteiger partial charge in [-0.3, -0.25) is 9.59 Å². The van der Waals surface area contributed by atoms with Gasteiger partial charge in [-0.25, -0.2) is 0 Å². The number of fused-ring (bicyclic) bond motifs is 1. The molecule has 37 heavy (non-hydrogen) atoms. The number of amides is 2. The van der Waals surface area contributed by atoms with E-state index in [1.165, 1.54) is 0 Å².